The highest BCUT2D eigenvalue weighted by Gasteiger charge is 2.29. The molecule has 6 heteroatoms. The number of amides is 1. The predicted molar refractivity (Wildman–Crippen MR) is 103 cm³/mol. The lowest BCUT2D eigenvalue weighted by Crippen LogP contribution is -2.47. The Morgan fingerprint density at radius 3 is 2.60 bits per heavy atom. The first kappa shape index (κ1) is 19.8. The van der Waals surface area contributed by atoms with E-state index in [1.807, 2.05) is 11.4 Å². The van der Waals surface area contributed by atoms with Gasteiger partial charge in [-0.2, -0.15) is 0 Å². The van der Waals surface area contributed by atoms with Crippen LogP contribution in [0.1, 0.15) is 37.5 Å². The van der Waals surface area contributed by atoms with Crippen LogP contribution in [0.3, 0.4) is 0 Å². The first-order valence-corrected chi connectivity index (χ1v) is 9.55. The first-order chi connectivity index (χ1) is 11.9. The van der Waals surface area contributed by atoms with Crippen molar-refractivity contribution in [3.8, 4) is 5.75 Å². The minimum Gasteiger partial charge on any atom is -0.478 e. The van der Waals surface area contributed by atoms with Gasteiger partial charge in [0.1, 0.15) is 5.75 Å². The molecule has 1 heterocycles. The number of carbonyl (C=O) groups excluding carboxylic acids is 1. The maximum absolute atomic E-state index is 12.5. The van der Waals surface area contributed by atoms with Crippen LogP contribution in [-0.4, -0.2) is 29.8 Å². The molecule has 1 amide bonds. The average Bonchev–Trinajstić information content (AvgIpc) is 3.10. The number of nitrogens with one attached hydrogen (secondary N) is 1. The number of carbonyl (C=O) groups is 1. The second kappa shape index (κ2) is 9.22. The molecule has 0 radical (unpaired) electrons. The van der Waals surface area contributed by atoms with Crippen molar-refractivity contribution in [1.82, 2.24) is 5.32 Å². The summed E-state index contributed by atoms with van der Waals surface area (Å²) < 4.78 is 5.79. The van der Waals surface area contributed by atoms with E-state index < -0.39 is 5.60 Å². The highest BCUT2D eigenvalue weighted by atomic mass is 35.5. The van der Waals surface area contributed by atoms with Gasteiger partial charge in [-0.15, -0.1) is 11.3 Å². The predicted octanol–water partition coefficient (Wildman–Crippen LogP) is 4.23. The van der Waals surface area contributed by atoms with Crippen molar-refractivity contribution in [2.24, 2.45) is 0 Å². The van der Waals surface area contributed by atoms with E-state index in [1.165, 1.54) is 4.88 Å². The molecule has 1 aromatic carbocycles. The molecule has 0 fully saturated rings. The van der Waals surface area contributed by atoms with Gasteiger partial charge in [0, 0.05) is 23.1 Å². The third kappa shape index (κ3) is 6.03. The lowest BCUT2D eigenvalue weighted by Gasteiger charge is -2.26. The van der Waals surface area contributed by atoms with Crippen molar-refractivity contribution >= 4 is 28.8 Å². The van der Waals surface area contributed by atoms with Crippen LogP contribution in [0.15, 0.2) is 41.8 Å². The largest absolute Gasteiger partial charge is 0.478 e. The summed E-state index contributed by atoms with van der Waals surface area (Å²) in [6, 6.07) is 11.0. The Bertz CT molecular complexity index is 656. The number of rotatable bonds is 9. The summed E-state index contributed by atoms with van der Waals surface area (Å²) >= 11 is 7.54. The van der Waals surface area contributed by atoms with Gasteiger partial charge in [-0.1, -0.05) is 17.7 Å². The number of aliphatic hydroxyl groups excluding tert-OH is 1. The van der Waals surface area contributed by atoms with Crippen molar-refractivity contribution in [1.29, 1.82) is 0 Å². The van der Waals surface area contributed by atoms with Crippen molar-refractivity contribution < 1.29 is 14.6 Å². The van der Waals surface area contributed by atoms with Gasteiger partial charge in [0.2, 0.25) is 0 Å². The molecule has 0 spiro atoms. The first-order valence-electron chi connectivity index (χ1n) is 8.29. The molecule has 2 rings (SSSR count). The highest BCUT2D eigenvalue weighted by molar-refractivity contribution is 7.10. The summed E-state index contributed by atoms with van der Waals surface area (Å²) in [5.74, 6) is 0.684. The van der Waals surface area contributed by atoms with Gasteiger partial charge in [-0.3, -0.25) is 4.79 Å². The smallest absolute Gasteiger partial charge is 0.263 e. The Morgan fingerprint density at radius 1 is 1.28 bits per heavy atom. The number of aliphatic hydroxyl groups is 1. The van der Waals surface area contributed by atoms with Crippen molar-refractivity contribution in [3.05, 3.63) is 51.7 Å². The van der Waals surface area contributed by atoms with E-state index in [0.717, 1.165) is 6.42 Å². The Balaban J connectivity index is 1.86. The van der Waals surface area contributed by atoms with E-state index in [0.29, 0.717) is 23.7 Å². The van der Waals surface area contributed by atoms with Crippen LogP contribution in [0.2, 0.25) is 5.02 Å². The standard InChI is InChI=1S/C19H24ClNO3S/c1-19(2,24-16-7-5-15(20)6-8-16)18(23)21-11-9-14(10-12-22)17-4-3-13-25-17/h3-8,13-14,22H,9-12H2,1-2H3,(H,21,23). The zero-order valence-electron chi connectivity index (χ0n) is 14.5. The van der Waals surface area contributed by atoms with Crippen LogP contribution in [0, 0.1) is 0 Å². The fourth-order valence-electron chi connectivity index (χ4n) is 2.52. The van der Waals surface area contributed by atoms with E-state index in [-0.39, 0.29) is 18.4 Å². The molecule has 0 saturated carbocycles. The summed E-state index contributed by atoms with van der Waals surface area (Å²) in [5.41, 5.74) is -0.983. The van der Waals surface area contributed by atoms with E-state index in [1.54, 1.807) is 49.4 Å². The lowest BCUT2D eigenvalue weighted by atomic mass is 9.99. The zero-order chi connectivity index (χ0) is 18.3. The second-order valence-electron chi connectivity index (χ2n) is 6.34. The van der Waals surface area contributed by atoms with E-state index in [9.17, 15) is 9.90 Å². The van der Waals surface area contributed by atoms with Crippen LogP contribution in [0.4, 0.5) is 0 Å². The van der Waals surface area contributed by atoms with Gasteiger partial charge >= 0.3 is 0 Å². The van der Waals surface area contributed by atoms with Gasteiger partial charge in [0.15, 0.2) is 5.60 Å². The lowest BCUT2D eigenvalue weighted by molar-refractivity contribution is -0.134. The summed E-state index contributed by atoms with van der Waals surface area (Å²) in [5, 5.41) is 14.8. The maximum Gasteiger partial charge on any atom is 0.263 e. The number of hydrogen-bond acceptors (Lipinski definition) is 4. The van der Waals surface area contributed by atoms with Gasteiger partial charge < -0.3 is 15.2 Å². The van der Waals surface area contributed by atoms with Crippen LogP contribution < -0.4 is 10.1 Å². The molecule has 0 aliphatic rings. The quantitative estimate of drug-likeness (QED) is 0.683. The summed E-state index contributed by atoms with van der Waals surface area (Å²) in [7, 11) is 0. The van der Waals surface area contributed by atoms with Crippen LogP contribution in [0.25, 0.3) is 0 Å². The van der Waals surface area contributed by atoms with Gasteiger partial charge in [0.25, 0.3) is 5.91 Å². The Morgan fingerprint density at radius 2 is 2.00 bits per heavy atom. The average molecular weight is 382 g/mol. The van der Waals surface area contributed by atoms with E-state index >= 15 is 0 Å². The van der Waals surface area contributed by atoms with Crippen molar-refractivity contribution in [2.45, 2.75) is 38.2 Å². The SMILES string of the molecule is CC(C)(Oc1ccc(Cl)cc1)C(=O)NCCC(CCO)c1cccs1. The van der Waals surface area contributed by atoms with Crippen LogP contribution in [-0.2, 0) is 4.79 Å². The molecular formula is C19H24ClNO3S. The topological polar surface area (TPSA) is 58.6 Å². The third-order valence-corrected chi connectivity index (χ3v) is 5.22. The highest BCUT2D eigenvalue weighted by Crippen LogP contribution is 2.27. The Labute approximate surface area is 157 Å². The van der Waals surface area contributed by atoms with Gasteiger partial charge in [0.05, 0.1) is 0 Å². The molecular weight excluding hydrogens is 358 g/mol. The molecule has 1 aromatic heterocycles. The number of halogens is 1. The molecule has 1 unspecified atom stereocenters. The summed E-state index contributed by atoms with van der Waals surface area (Å²) in [6.07, 6.45) is 1.48. The molecule has 25 heavy (non-hydrogen) atoms. The minimum atomic E-state index is -0.983. The Hall–Kier alpha value is -1.56. The monoisotopic (exact) mass is 381 g/mol. The maximum atomic E-state index is 12.5. The number of benzene rings is 1. The normalized spacial score (nSPS) is 12.6. The summed E-state index contributed by atoms with van der Waals surface area (Å²) in [4.78, 5) is 13.7. The molecule has 1 atom stereocenters. The number of hydrogen-bond donors (Lipinski definition) is 2. The summed E-state index contributed by atoms with van der Waals surface area (Å²) in [6.45, 7) is 4.15. The molecule has 2 N–H and O–H groups in total. The molecule has 0 saturated heterocycles. The molecule has 0 aliphatic heterocycles. The molecule has 0 bridgehead atoms. The van der Waals surface area contributed by atoms with Crippen molar-refractivity contribution in [3.63, 3.8) is 0 Å². The van der Waals surface area contributed by atoms with E-state index in [4.69, 9.17) is 16.3 Å². The minimum absolute atomic E-state index is 0.141. The van der Waals surface area contributed by atoms with Crippen LogP contribution in [0.5, 0.6) is 5.75 Å². The van der Waals surface area contributed by atoms with Crippen molar-refractivity contribution in [2.75, 3.05) is 13.2 Å². The molecule has 4 nitrogen and oxygen atoms in total. The van der Waals surface area contributed by atoms with Crippen LogP contribution >= 0.6 is 22.9 Å². The van der Waals surface area contributed by atoms with Gasteiger partial charge in [-0.05, 0) is 68.3 Å². The third-order valence-electron chi connectivity index (χ3n) is 3.93. The number of ether oxygens (including phenoxy) is 1. The number of thiophene rings is 1. The Kier molecular flexibility index (Phi) is 7.29. The van der Waals surface area contributed by atoms with E-state index in [2.05, 4.69) is 11.4 Å². The second-order valence-corrected chi connectivity index (χ2v) is 7.75. The van der Waals surface area contributed by atoms with Gasteiger partial charge in [-0.25, -0.2) is 0 Å². The molecule has 136 valence electrons. The molecule has 2 aromatic rings. The fraction of sp³-hybridized carbons (Fsp3) is 0.421. The molecule has 0 aliphatic carbocycles. The fourth-order valence-corrected chi connectivity index (χ4v) is 3.55. The zero-order valence-corrected chi connectivity index (χ0v) is 16.1.